The maximum absolute atomic E-state index is 13.2. The molecule has 0 radical (unpaired) electrons. The molecule has 0 spiro atoms. The molecule has 32 heavy (non-hydrogen) atoms. The molecule has 0 aliphatic carbocycles. The Labute approximate surface area is 192 Å². The predicted molar refractivity (Wildman–Crippen MR) is 126 cm³/mol. The quantitative estimate of drug-likeness (QED) is 0.470. The molecule has 3 unspecified atom stereocenters. The molecule has 2 N–H and O–H groups in total. The van der Waals surface area contributed by atoms with E-state index in [9.17, 15) is 14.4 Å². The highest BCUT2D eigenvalue weighted by molar-refractivity contribution is 5.93. The number of nitrogens with one attached hydrogen (secondary N) is 2. The van der Waals surface area contributed by atoms with Gasteiger partial charge in [0, 0.05) is 12.1 Å². The van der Waals surface area contributed by atoms with Gasteiger partial charge in [0.05, 0.1) is 0 Å². The number of nitrogens with zero attached hydrogens (tertiary/aromatic N) is 1. The van der Waals surface area contributed by atoms with Crippen molar-refractivity contribution in [1.29, 1.82) is 0 Å². The van der Waals surface area contributed by atoms with Crippen LogP contribution in [0.2, 0.25) is 0 Å². The van der Waals surface area contributed by atoms with E-state index in [-0.39, 0.29) is 11.9 Å². The molecule has 0 heterocycles. The summed E-state index contributed by atoms with van der Waals surface area (Å²) in [5.74, 6) is -0.954. The lowest BCUT2D eigenvalue weighted by atomic mass is 9.98. The van der Waals surface area contributed by atoms with Crippen molar-refractivity contribution in [2.24, 2.45) is 0 Å². The minimum absolute atomic E-state index is 0.0754. The molecular formula is C25H37N3O4. The van der Waals surface area contributed by atoms with Gasteiger partial charge >= 0.3 is 6.09 Å². The Morgan fingerprint density at radius 2 is 1.75 bits per heavy atom. The molecule has 1 aromatic carbocycles. The molecule has 7 nitrogen and oxygen atoms in total. The van der Waals surface area contributed by atoms with E-state index in [0.29, 0.717) is 5.56 Å². The predicted octanol–water partition coefficient (Wildman–Crippen LogP) is 3.98. The molecule has 1 rings (SSSR count). The SMILES string of the molecule is C#CN(C(=O)C(C)NC(=O)OC(C)(C)C)C(C(=O)NC(C)CCC)c1ccc(C)c(C)c1. The molecule has 0 aromatic heterocycles. The van der Waals surface area contributed by atoms with Gasteiger partial charge in [-0.2, -0.15) is 0 Å². The Balaban J connectivity index is 3.25. The molecule has 3 atom stereocenters. The third-order valence-corrected chi connectivity index (χ3v) is 4.94. The fraction of sp³-hybridized carbons (Fsp3) is 0.560. The number of amides is 3. The normalized spacial score (nSPS) is 13.8. The summed E-state index contributed by atoms with van der Waals surface area (Å²) in [6, 6.07) is 5.79. The van der Waals surface area contributed by atoms with Gasteiger partial charge in [0.2, 0.25) is 5.91 Å². The summed E-state index contributed by atoms with van der Waals surface area (Å²) < 4.78 is 5.22. The van der Waals surface area contributed by atoms with Crippen LogP contribution in [0.3, 0.4) is 0 Å². The van der Waals surface area contributed by atoms with Crippen LogP contribution in [0.25, 0.3) is 0 Å². The lowest BCUT2D eigenvalue weighted by molar-refractivity contribution is -0.138. The minimum Gasteiger partial charge on any atom is -0.444 e. The largest absolute Gasteiger partial charge is 0.444 e. The molecule has 1 aromatic rings. The van der Waals surface area contributed by atoms with Crippen LogP contribution >= 0.6 is 0 Å². The fourth-order valence-electron chi connectivity index (χ4n) is 3.20. The van der Waals surface area contributed by atoms with Crippen molar-refractivity contribution in [1.82, 2.24) is 15.5 Å². The minimum atomic E-state index is -1.03. The van der Waals surface area contributed by atoms with Gasteiger partial charge in [-0.3, -0.25) is 14.5 Å². The van der Waals surface area contributed by atoms with E-state index in [1.807, 2.05) is 39.8 Å². The fourth-order valence-corrected chi connectivity index (χ4v) is 3.20. The Morgan fingerprint density at radius 1 is 1.12 bits per heavy atom. The van der Waals surface area contributed by atoms with Crippen molar-refractivity contribution in [2.45, 2.75) is 92.0 Å². The number of ether oxygens (including phenoxy) is 1. The van der Waals surface area contributed by atoms with Gasteiger partial charge in [-0.1, -0.05) is 38.0 Å². The van der Waals surface area contributed by atoms with Crippen LogP contribution in [0.4, 0.5) is 4.79 Å². The first-order valence-electron chi connectivity index (χ1n) is 11.0. The zero-order valence-corrected chi connectivity index (χ0v) is 20.5. The van der Waals surface area contributed by atoms with Crippen LogP contribution in [-0.2, 0) is 14.3 Å². The standard InChI is InChI=1S/C25H37N3O4/c1-10-12-18(5)26-22(29)21(20-14-13-16(3)17(4)15-20)28(11-2)23(30)19(6)27-24(31)32-25(7,8)9/h2,13-15,18-19,21H,10,12H2,1,3-9H3,(H,26,29)(H,27,31). The van der Waals surface area contributed by atoms with Crippen molar-refractivity contribution in [2.75, 3.05) is 0 Å². The second-order valence-corrected chi connectivity index (χ2v) is 9.15. The second-order valence-electron chi connectivity index (χ2n) is 9.15. The Morgan fingerprint density at radius 3 is 2.25 bits per heavy atom. The van der Waals surface area contributed by atoms with Gasteiger partial charge < -0.3 is 15.4 Å². The highest BCUT2D eigenvalue weighted by Gasteiger charge is 2.34. The summed E-state index contributed by atoms with van der Waals surface area (Å²) in [6.45, 7) is 14.5. The molecule has 0 saturated heterocycles. The van der Waals surface area contributed by atoms with E-state index in [0.717, 1.165) is 28.9 Å². The lowest BCUT2D eigenvalue weighted by Crippen LogP contribution is -2.51. The molecule has 176 valence electrons. The van der Waals surface area contributed by atoms with Crippen molar-refractivity contribution in [3.63, 3.8) is 0 Å². The molecule has 0 aliphatic rings. The van der Waals surface area contributed by atoms with Crippen molar-refractivity contribution < 1.29 is 19.1 Å². The van der Waals surface area contributed by atoms with E-state index in [1.54, 1.807) is 26.8 Å². The van der Waals surface area contributed by atoms with Crippen LogP contribution in [-0.4, -0.2) is 40.5 Å². The molecule has 0 bridgehead atoms. The van der Waals surface area contributed by atoms with Gasteiger partial charge in [0.1, 0.15) is 17.7 Å². The molecule has 7 heteroatoms. The topological polar surface area (TPSA) is 87.7 Å². The Kier molecular flexibility index (Phi) is 9.77. The van der Waals surface area contributed by atoms with Gasteiger partial charge in [0.15, 0.2) is 0 Å². The van der Waals surface area contributed by atoms with Gasteiger partial charge in [0.25, 0.3) is 5.91 Å². The third kappa shape index (κ3) is 7.92. The molecule has 0 saturated carbocycles. The summed E-state index contributed by atoms with van der Waals surface area (Å²) in [7, 11) is 0. The number of benzene rings is 1. The Hall–Kier alpha value is -3.01. The zero-order valence-electron chi connectivity index (χ0n) is 20.5. The second kappa shape index (κ2) is 11.6. The van der Waals surface area contributed by atoms with Crippen molar-refractivity contribution in [3.05, 3.63) is 34.9 Å². The zero-order chi connectivity index (χ0) is 24.6. The third-order valence-electron chi connectivity index (χ3n) is 4.94. The smallest absolute Gasteiger partial charge is 0.408 e. The highest BCUT2D eigenvalue weighted by atomic mass is 16.6. The van der Waals surface area contributed by atoms with Crippen LogP contribution in [0, 0.1) is 26.3 Å². The summed E-state index contributed by atoms with van der Waals surface area (Å²) in [6.07, 6.45) is 6.68. The maximum Gasteiger partial charge on any atom is 0.408 e. The first-order valence-corrected chi connectivity index (χ1v) is 11.0. The van der Waals surface area contributed by atoms with Crippen LogP contribution < -0.4 is 10.6 Å². The summed E-state index contributed by atoms with van der Waals surface area (Å²) >= 11 is 0. The van der Waals surface area contributed by atoms with E-state index < -0.39 is 29.7 Å². The monoisotopic (exact) mass is 443 g/mol. The van der Waals surface area contributed by atoms with Gasteiger partial charge in [-0.05, 0) is 71.6 Å². The maximum atomic E-state index is 13.2. The highest BCUT2D eigenvalue weighted by Crippen LogP contribution is 2.24. The number of hydrogen-bond donors (Lipinski definition) is 2. The number of carbonyl (C=O) groups excluding carboxylic acids is 3. The number of alkyl carbamates (subject to hydrolysis) is 1. The van der Waals surface area contributed by atoms with E-state index in [2.05, 4.69) is 16.7 Å². The van der Waals surface area contributed by atoms with E-state index in [4.69, 9.17) is 11.2 Å². The number of hydrogen-bond acceptors (Lipinski definition) is 4. The van der Waals surface area contributed by atoms with E-state index >= 15 is 0 Å². The molecule has 0 fully saturated rings. The summed E-state index contributed by atoms with van der Waals surface area (Å²) in [5, 5.41) is 5.45. The van der Waals surface area contributed by atoms with Gasteiger partial charge in [-0.25, -0.2) is 4.79 Å². The summed E-state index contributed by atoms with van der Waals surface area (Å²) in [4.78, 5) is 39.6. The number of aryl methyl sites for hydroxylation is 2. The molecule has 3 amide bonds. The number of rotatable bonds is 8. The Bertz CT molecular complexity index is 867. The van der Waals surface area contributed by atoms with Crippen LogP contribution in [0.1, 0.15) is 77.1 Å². The lowest BCUT2D eigenvalue weighted by Gasteiger charge is -2.30. The number of carbonyl (C=O) groups is 3. The van der Waals surface area contributed by atoms with Crippen molar-refractivity contribution >= 4 is 17.9 Å². The first kappa shape index (κ1) is 27.0. The van der Waals surface area contributed by atoms with Gasteiger partial charge in [-0.15, -0.1) is 0 Å². The number of terminal acetylenes is 1. The van der Waals surface area contributed by atoms with E-state index in [1.165, 1.54) is 6.92 Å². The summed E-state index contributed by atoms with van der Waals surface area (Å²) in [5.41, 5.74) is 1.93. The average Bonchev–Trinajstić information content (AvgIpc) is 2.66. The first-order chi connectivity index (χ1) is 14.8. The molecule has 0 aliphatic heterocycles. The molecular weight excluding hydrogens is 406 g/mol. The van der Waals surface area contributed by atoms with Crippen LogP contribution in [0.5, 0.6) is 0 Å². The van der Waals surface area contributed by atoms with Crippen molar-refractivity contribution in [3.8, 4) is 12.5 Å². The average molecular weight is 444 g/mol. The van der Waals surface area contributed by atoms with Crippen LogP contribution in [0.15, 0.2) is 18.2 Å².